The van der Waals surface area contributed by atoms with Gasteiger partial charge in [0.25, 0.3) is 5.91 Å². The molecule has 0 radical (unpaired) electrons. The summed E-state index contributed by atoms with van der Waals surface area (Å²) in [5, 5.41) is 11.7. The number of anilines is 1. The summed E-state index contributed by atoms with van der Waals surface area (Å²) in [5.74, 6) is -0.201. The van der Waals surface area contributed by atoms with Gasteiger partial charge in [0.1, 0.15) is 0 Å². The maximum atomic E-state index is 11.8. The number of carbonyl (C=O) groups excluding carboxylic acids is 1. The first kappa shape index (κ1) is 12.5. The molecule has 0 bridgehead atoms. The third-order valence-corrected chi connectivity index (χ3v) is 2.59. The number of aliphatic hydroxyl groups is 1. The molecule has 0 fully saturated rings. The Morgan fingerprint density at radius 3 is 2.75 bits per heavy atom. The molecule has 1 aromatic carbocycles. The molecule has 1 atom stereocenters. The average Bonchev–Trinajstić information content (AvgIpc) is 2.29. The number of amides is 1. The zero-order chi connectivity index (χ0) is 12.1. The smallest absolute Gasteiger partial charge is 0.251 e. The van der Waals surface area contributed by atoms with Gasteiger partial charge < -0.3 is 16.2 Å². The zero-order valence-corrected chi connectivity index (χ0v) is 9.66. The Hall–Kier alpha value is -1.55. The average molecular weight is 222 g/mol. The predicted octanol–water partition coefficient (Wildman–Crippen LogP) is 1.08. The molecule has 1 amide bonds. The van der Waals surface area contributed by atoms with E-state index < -0.39 is 0 Å². The highest BCUT2D eigenvalue weighted by Crippen LogP contribution is 2.12. The van der Waals surface area contributed by atoms with Crippen molar-refractivity contribution in [1.29, 1.82) is 0 Å². The molecule has 0 aliphatic carbocycles. The molecule has 88 valence electrons. The number of aliphatic hydroxyl groups excluding tert-OH is 1. The van der Waals surface area contributed by atoms with Gasteiger partial charge in [0.2, 0.25) is 0 Å². The van der Waals surface area contributed by atoms with Gasteiger partial charge in [-0.25, -0.2) is 0 Å². The lowest BCUT2D eigenvalue weighted by atomic mass is 10.1. The number of aryl methyl sites for hydroxylation is 1. The van der Waals surface area contributed by atoms with Crippen molar-refractivity contribution in [1.82, 2.24) is 5.32 Å². The quantitative estimate of drug-likeness (QED) is 0.667. The summed E-state index contributed by atoms with van der Waals surface area (Å²) in [5.41, 5.74) is 7.80. The number of hydrogen-bond acceptors (Lipinski definition) is 3. The van der Waals surface area contributed by atoms with Crippen LogP contribution in [0, 0.1) is 6.92 Å². The maximum absolute atomic E-state index is 11.8. The molecule has 0 aromatic heterocycles. The summed E-state index contributed by atoms with van der Waals surface area (Å²) in [6, 6.07) is 4.99. The fraction of sp³-hybridized carbons (Fsp3) is 0.417. The van der Waals surface area contributed by atoms with Gasteiger partial charge in [-0.1, -0.05) is 13.0 Å². The van der Waals surface area contributed by atoms with Gasteiger partial charge in [0.15, 0.2) is 0 Å². The van der Waals surface area contributed by atoms with Gasteiger partial charge in [-0.2, -0.15) is 0 Å². The van der Waals surface area contributed by atoms with E-state index in [4.69, 9.17) is 10.8 Å². The zero-order valence-electron chi connectivity index (χ0n) is 9.66. The van der Waals surface area contributed by atoms with Crippen molar-refractivity contribution >= 4 is 11.6 Å². The number of benzene rings is 1. The molecule has 4 N–H and O–H groups in total. The van der Waals surface area contributed by atoms with Gasteiger partial charge in [0, 0.05) is 11.3 Å². The molecule has 4 nitrogen and oxygen atoms in total. The van der Waals surface area contributed by atoms with Crippen LogP contribution in [-0.2, 0) is 0 Å². The Balaban J connectivity index is 2.76. The number of nitrogen functional groups attached to an aromatic ring is 1. The summed E-state index contributed by atoms with van der Waals surface area (Å²) in [6.45, 7) is 3.74. The van der Waals surface area contributed by atoms with E-state index in [2.05, 4.69) is 5.32 Å². The molecular weight excluding hydrogens is 204 g/mol. The van der Waals surface area contributed by atoms with Crippen LogP contribution in [0.4, 0.5) is 5.69 Å². The number of hydrogen-bond donors (Lipinski definition) is 3. The van der Waals surface area contributed by atoms with E-state index in [0.717, 1.165) is 5.56 Å². The summed E-state index contributed by atoms with van der Waals surface area (Å²) in [4.78, 5) is 11.8. The second-order valence-electron chi connectivity index (χ2n) is 3.83. The Kier molecular flexibility index (Phi) is 4.31. The highest BCUT2D eigenvalue weighted by atomic mass is 16.3. The van der Waals surface area contributed by atoms with Crippen molar-refractivity contribution in [2.45, 2.75) is 26.3 Å². The molecule has 1 aromatic rings. The van der Waals surface area contributed by atoms with Crippen molar-refractivity contribution in [2.24, 2.45) is 0 Å². The predicted molar refractivity (Wildman–Crippen MR) is 64.2 cm³/mol. The first-order valence-corrected chi connectivity index (χ1v) is 5.36. The van der Waals surface area contributed by atoms with E-state index in [0.29, 0.717) is 17.7 Å². The molecule has 0 aliphatic rings. The molecular formula is C12H18N2O2. The Bertz CT molecular complexity index is 373. The number of carbonyl (C=O) groups is 1. The van der Waals surface area contributed by atoms with Crippen LogP contribution in [0.3, 0.4) is 0 Å². The molecule has 0 unspecified atom stereocenters. The molecule has 0 spiro atoms. The van der Waals surface area contributed by atoms with Gasteiger partial charge in [0.05, 0.1) is 12.6 Å². The number of nitrogens with one attached hydrogen (secondary N) is 1. The van der Waals surface area contributed by atoms with Crippen LogP contribution in [0.25, 0.3) is 0 Å². The lowest BCUT2D eigenvalue weighted by molar-refractivity contribution is 0.0915. The third-order valence-electron chi connectivity index (χ3n) is 2.59. The highest BCUT2D eigenvalue weighted by Gasteiger charge is 2.11. The maximum Gasteiger partial charge on any atom is 0.251 e. The third kappa shape index (κ3) is 2.97. The van der Waals surface area contributed by atoms with Gasteiger partial charge in [-0.3, -0.25) is 4.79 Å². The van der Waals surface area contributed by atoms with Crippen LogP contribution in [0.15, 0.2) is 18.2 Å². The minimum Gasteiger partial charge on any atom is -0.398 e. The summed E-state index contributed by atoms with van der Waals surface area (Å²) in [6.07, 6.45) is 0.698. The van der Waals surface area contributed by atoms with Crippen molar-refractivity contribution in [3.63, 3.8) is 0 Å². The van der Waals surface area contributed by atoms with Crippen LogP contribution in [0.1, 0.15) is 29.3 Å². The fourth-order valence-electron chi connectivity index (χ4n) is 1.33. The normalized spacial score (nSPS) is 12.2. The molecule has 16 heavy (non-hydrogen) atoms. The van der Waals surface area contributed by atoms with Gasteiger partial charge in [-0.15, -0.1) is 0 Å². The molecule has 1 rings (SSSR count). The standard InChI is InChI=1S/C12H18N2O2/c1-3-10(7-15)14-12(16)9-5-4-8(2)11(13)6-9/h4-6,10,15H,3,7,13H2,1-2H3,(H,14,16)/t10-/m1/s1. The van der Waals surface area contributed by atoms with Gasteiger partial charge in [-0.05, 0) is 31.0 Å². The highest BCUT2D eigenvalue weighted by molar-refractivity contribution is 5.95. The fourth-order valence-corrected chi connectivity index (χ4v) is 1.33. The van der Waals surface area contributed by atoms with Crippen molar-refractivity contribution < 1.29 is 9.90 Å². The van der Waals surface area contributed by atoms with Crippen LogP contribution in [0.2, 0.25) is 0 Å². The molecule has 0 saturated carbocycles. The monoisotopic (exact) mass is 222 g/mol. The Morgan fingerprint density at radius 2 is 2.25 bits per heavy atom. The Morgan fingerprint density at radius 1 is 1.56 bits per heavy atom. The summed E-state index contributed by atoms with van der Waals surface area (Å²) in [7, 11) is 0. The molecule has 0 aliphatic heterocycles. The van der Waals surface area contributed by atoms with E-state index in [1.54, 1.807) is 12.1 Å². The minimum absolute atomic E-state index is 0.0520. The van der Waals surface area contributed by atoms with Gasteiger partial charge >= 0.3 is 0 Å². The van der Waals surface area contributed by atoms with E-state index in [1.165, 1.54) is 0 Å². The van der Waals surface area contributed by atoms with Crippen LogP contribution < -0.4 is 11.1 Å². The molecule has 0 saturated heterocycles. The largest absolute Gasteiger partial charge is 0.398 e. The first-order chi connectivity index (χ1) is 7.58. The van der Waals surface area contributed by atoms with E-state index >= 15 is 0 Å². The lowest BCUT2D eigenvalue weighted by Crippen LogP contribution is -2.36. The second-order valence-corrected chi connectivity index (χ2v) is 3.83. The summed E-state index contributed by atoms with van der Waals surface area (Å²) < 4.78 is 0. The molecule has 0 heterocycles. The van der Waals surface area contributed by atoms with Crippen LogP contribution in [-0.4, -0.2) is 23.7 Å². The lowest BCUT2D eigenvalue weighted by Gasteiger charge is -2.14. The topological polar surface area (TPSA) is 75.3 Å². The second kappa shape index (κ2) is 5.51. The van der Waals surface area contributed by atoms with E-state index in [9.17, 15) is 4.79 Å². The minimum atomic E-state index is -0.201. The Labute approximate surface area is 95.5 Å². The van der Waals surface area contributed by atoms with E-state index in [-0.39, 0.29) is 18.6 Å². The van der Waals surface area contributed by atoms with Crippen molar-refractivity contribution in [3.8, 4) is 0 Å². The number of nitrogens with two attached hydrogens (primary N) is 1. The van der Waals surface area contributed by atoms with Crippen LogP contribution in [0.5, 0.6) is 0 Å². The van der Waals surface area contributed by atoms with Crippen LogP contribution >= 0.6 is 0 Å². The summed E-state index contributed by atoms with van der Waals surface area (Å²) >= 11 is 0. The van der Waals surface area contributed by atoms with E-state index in [1.807, 2.05) is 19.9 Å². The van der Waals surface area contributed by atoms with Crippen molar-refractivity contribution in [3.05, 3.63) is 29.3 Å². The molecule has 4 heteroatoms. The van der Waals surface area contributed by atoms with Crippen molar-refractivity contribution in [2.75, 3.05) is 12.3 Å². The first-order valence-electron chi connectivity index (χ1n) is 5.36. The SMILES string of the molecule is CC[C@H](CO)NC(=O)c1ccc(C)c(N)c1. The number of rotatable bonds is 4.